The van der Waals surface area contributed by atoms with Gasteiger partial charge in [-0.3, -0.25) is 9.59 Å². The molecule has 2 N–H and O–H groups in total. The SMILES string of the molecule is COc1cc(C(=O)N2CCCCC2)ccc1Nc1ncc2c(n1)N(C1CCCCC1)CCC(=O)N2. The summed E-state index contributed by atoms with van der Waals surface area (Å²) >= 11 is 0. The lowest BCUT2D eigenvalue weighted by Crippen LogP contribution is -2.38. The van der Waals surface area contributed by atoms with E-state index >= 15 is 0 Å². The molecule has 3 heterocycles. The van der Waals surface area contributed by atoms with Gasteiger partial charge in [0.15, 0.2) is 5.82 Å². The molecule has 1 aromatic heterocycles. The van der Waals surface area contributed by atoms with Gasteiger partial charge in [0.05, 0.1) is 19.0 Å². The number of methoxy groups -OCH3 is 1. The molecule has 186 valence electrons. The summed E-state index contributed by atoms with van der Waals surface area (Å²) in [4.78, 5) is 38.7. The summed E-state index contributed by atoms with van der Waals surface area (Å²) in [5, 5.41) is 6.22. The number of hydrogen-bond donors (Lipinski definition) is 2. The number of carbonyl (C=O) groups excluding carboxylic acids is 2. The lowest BCUT2D eigenvalue weighted by molar-refractivity contribution is -0.116. The van der Waals surface area contributed by atoms with Crippen molar-refractivity contribution in [3.8, 4) is 5.75 Å². The van der Waals surface area contributed by atoms with Crippen LogP contribution in [0.15, 0.2) is 24.4 Å². The quantitative estimate of drug-likeness (QED) is 0.660. The average molecular weight is 479 g/mol. The van der Waals surface area contributed by atoms with E-state index in [1.165, 1.54) is 25.7 Å². The van der Waals surface area contributed by atoms with Crippen LogP contribution in [0.2, 0.25) is 0 Å². The first-order valence-corrected chi connectivity index (χ1v) is 12.8. The third-order valence-corrected chi connectivity index (χ3v) is 7.25. The highest BCUT2D eigenvalue weighted by molar-refractivity contribution is 5.96. The highest BCUT2D eigenvalue weighted by Gasteiger charge is 2.28. The Kier molecular flexibility index (Phi) is 7.01. The number of ether oxygens (including phenoxy) is 1. The number of benzene rings is 1. The molecule has 1 aliphatic carbocycles. The van der Waals surface area contributed by atoms with Gasteiger partial charge in [-0.05, 0) is 50.3 Å². The molecule has 5 rings (SSSR count). The molecule has 0 bridgehead atoms. The van der Waals surface area contributed by atoms with Crippen molar-refractivity contribution < 1.29 is 14.3 Å². The molecule has 9 heteroatoms. The van der Waals surface area contributed by atoms with Gasteiger partial charge in [0.2, 0.25) is 11.9 Å². The molecule has 0 atom stereocenters. The maximum absolute atomic E-state index is 12.9. The van der Waals surface area contributed by atoms with E-state index in [0.29, 0.717) is 47.6 Å². The Balaban J connectivity index is 1.39. The number of nitrogens with zero attached hydrogens (tertiary/aromatic N) is 4. The van der Waals surface area contributed by atoms with Crippen LogP contribution in [0.3, 0.4) is 0 Å². The highest BCUT2D eigenvalue weighted by atomic mass is 16.5. The normalized spacial score (nSPS) is 18.9. The molecule has 35 heavy (non-hydrogen) atoms. The number of nitrogens with one attached hydrogen (secondary N) is 2. The van der Waals surface area contributed by atoms with Gasteiger partial charge in [0, 0.05) is 37.7 Å². The van der Waals surface area contributed by atoms with Gasteiger partial charge >= 0.3 is 0 Å². The third kappa shape index (κ3) is 5.18. The molecule has 0 spiro atoms. The van der Waals surface area contributed by atoms with Crippen molar-refractivity contribution >= 4 is 35.0 Å². The van der Waals surface area contributed by atoms with Crippen LogP contribution >= 0.6 is 0 Å². The Morgan fingerprint density at radius 1 is 1.09 bits per heavy atom. The molecule has 2 aromatic rings. The summed E-state index contributed by atoms with van der Waals surface area (Å²) in [6, 6.07) is 5.82. The summed E-state index contributed by atoms with van der Waals surface area (Å²) in [5.74, 6) is 1.77. The molecule has 2 fully saturated rings. The zero-order valence-electron chi connectivity index (χ0n) is 20.4. The summed E-state index contributed by atoms with van der Waals surface area (Å²) < 4.78 is 5.60. The Labute approximate surface area is 206 Å². The second-order valence-corrected chi connectivity index (χ2v) is 9.61. The fourth-order valence-electron chi connectivity index (χ4n) is 5.36. The fraction of sp³-hybridized carbons (Fsp3) is 0.538. The third-order valence-electron chi connectivity index (χ3n) is 7.25. The topological polar surface area (TPSA) is 99.7 Å². The summed E-state index contributed by atoms with van der Waals surface area (Å²) in [6.07, 6.45) is 11.3. The number of amides is 2. The molecule has 0 unspecified atom stereocenters. The summed E-state index contributed by atoms with van der Waals surface area (Å²) in [7, 11) is 1.59. The standard InChI is InChI=1S/C26H34N6O3/c1-35-22-16-18(25(34)31-13-6-3-7-14-31)10-11-20(22)29-26-27-17-21-24(30-26)32(15-12-23(33)28-21)19-8-4-2-5-9-19/h10-11,16-17,19H,2-9,12-15H2,1H3,(H,28,33)(H,27,29,30). The minimum absolute atomic E-state index is 0.00972. The van der Waals surface area contributed by atoms with Gasteiger partial charge in [0.1, 0.15) is 11.4 Å². The van der Waals surface area contributed by atoms with E-state index in [4.69, 9.17) is 9.72 Å². The van der Waals surface area contributed by atoms with Gasteiger partial charge < -0.3 is 25.2 Å². The van der Waals surface area contributed by atoms with Crippen LogP contribution in [-0.4, -0.2) is 59.5 Å². The van der Waals surface area contributed by atoms with Gasteiger partial charge in [0.25, 0.3) is 5.91 Å². The van der Waals surface area contributed by atoms with Crippen molar-refractivity contribution in [2.45, 2.75) is 63.8 Å². The maximum atomic E-state index is 12.9. The Morgan fingerprint density at radius 3 is 2.63 bits per heavy atom. The van der Waals surface area contributed by atoms with Crippen molar-refractivity contribution in [1.82, 2.24) is 14.9 Å². The van der Waals surface area contributed by atoms with Crippen LogP contribution in [0.4, 0.5) is 23.1 Å². The molecule has 1 saturated carbocycles. The van der Waals surface area contributed by atoms with E-state index in [-0.39, 0.29) is 11.8 Å². The zero-order valence-corrected chi connectivity index (χ0v) is 20.4. The summed E-state index contributed by atoms with van der Waals surface area (Å²) in [6.45, 7) is 2.26. The van der Waals surface area contributed by atoms with E-state index in [1.807, 2.05) is 17.0 Å². The molecule has 2 aliphatic heterocycles. The average Bonchev–Trinajstić information content (AvgIpc) is 3.07. The Bertz CT molecular complexity index is 1080. The molecule has 0 radical (unpaired) electrons. The number of fused-ring (bicyclic) bond motifs is 1. The van der Waals surface area contributed by atoms with E-state index in [0.717, 1.165) is 44.6 Å². The first-order valence-electron chi connectivity index (χ1n) is 12.8. The first-order chi connectivity index (χ1) is 17.1. The van der Waals surface area contributed by atoms with Crippen LogP contribution < -0.4 is 20.3 Å². The van der Waals surface area contributed by atoms with Gasteiger partial charge in [-0.1, -0.05) is 19.3 Å². The minimum Gasteiger partial charge on any atom is -0.495 e. The van der Waals surface area contributed by atoms with E-state index in [1.54, 1.807) is 19.4 Å². The molecule has 9 nitrogen and oxygen atoms in total. The molecular formula is C26H34N6O3. The Morgan fingerprint density at radius 2 is 1.86 bits per heavy atom. The van der Waals surface area contributed by atoms with Crippen molar-refractivity contribution in [2.75, 3.05) is 42.3 Å². The number of anilines is 4. The van der Waals surface area contributed by atoms with E-state index in [9.17, 15) is 9.59 Å². The molecule has 1 aromatic carbocycles. The highest BCUT2D eigenvalue weighted by Crippen LogP contribution is 2.35. The second kappa shape index (κ2) is 10.5. The van der Waals surface area contributed by atoms with Crippen LogP contribution in [0.1, 0.15) is 68.1 Å². The number of carbonyl (C=O) groups is 2. The smallest absolute Gasteiger partial charge is 0.253 e. The van der Waals surface area contributed by atoms with Crippen LogP contribution in [0.5, 0.6) is 5.75 Å². The number of piperidine rings is 1. The number of rotatable bonds is 5. The lowest BCUT2D eigenvalue weighted by Gasteiger charge is -2.34. The van der Waals surface area contributed by atoms with Crippen LogP contribution in [-0.2, 0) is 4.79 Å². The largest absolute Gasteiger partial charge is 0.495 e. The Hall–Kier alpha value is -3.36. The maximum Gasteiger partial charge on any atom is 0.253 e. The van der Waals surface area contributed by atoms with Crippen molar-refractivity contribution in [2.24, 2.45) is 0 Å². The fourth-order valence-corrected chi connectivity index (χ4v) is 5.36. The molecule has 1 saturated heterocycles. The van der Waals surface area contributed by atoms with Gasteiger partial charge in [-0.15, -0.1) is 0 Å². The monoisotopic (exact) mass is 478 g/mol. The van der Waals surface area contributed by atoms with Crippen molar-refractivity contribution in [3.63, 3.8) is 0 Å². The van der Waals surface area contributed by atoms with E-state index in [2.05, 4.69) is 20.5 Å². The molecule has 3 aliphatic rings. The van der Waals surface area contributed by atoms with Crippen LogP contribution in [0.25, 0.3) is 0 Å². The van der Waals surface area contributed by atoms with E-state index < -0.39 is 0 Å². The first kappa shape index (κ1) is 23.4. The second-order valence-electron chi connectivity index (χ2n) is 9.61. The predicted molar refractivity (Wildman–Crippen MR) is 136 cm³/mol. The minimum atomic E-state index is -0.00972. The predicted octanol–water partition coefficient (Wildman–Crippen LogP) is 4.34. The number of hydrogen-bond acceptors (Lipinski definition) is 7. The molecular weight excluding hydrogens is 444 g/mol. The van der Waals surface area contributed by atoms with Crippen molar-refractivity contribution in [3.05, 3.63) is 30.0 Å². The number of likely N-dealkylation sites (tertiary alicyclic amines) is 1. The molecule has 2 amide bonds. The van der Waals surface area contributed by atoms with Crippen molar-refractivity contribution in [1.29, 1.82) is 0 Å². The number of aromatic nitrogens is 2. The van der Waals surface area contributed by atoms with Crippen LogP contribution in [0, 0.1) is 0 Å². The van der Waals surface area contributed by atoms with Gasteiger partial charge in [-0.2, -0.15) is 4.98 Å². The zero-order chi connectivity index (χ0) is 24.2. The lowest BCUT2D eigenvalue weighted by atomic mass is 9.94. The van der Waals surface area contributed by atoms with Gasteiger partial charge in [-0.25, -0.2) is 4.98 Å². The summed E-state index contributed by atoms with van der Waals surface area (Å²) in [5.41, 5.74) is 1.95.